The van der Waals surface area contributed by atoms with E-state index >= 15 is 0 Å². The van der Waals surface area contributed by atoms with Crippen LogP contribution in [0.5, 0.6) is 0 Å². The summed E-state index contributed by atoms with van der Waals surface area (Å²) < 4.78 is 1.93. The molecule has 1 aromatic heterocycles. The SMILES string of the molecule is CCCn1cc(CNC(=O)[C@@H]2Cc3ccccc3CN2CC)cn1. The van der Waals surface area contributed by atoms with E-state index in [1.54, 1.807) is 0 Å². The molecule has 0 fully saturated rings. The van der Waals surface area contributed by atoms with Crippen LogP contribution in [-0.4, -0.2) is 33.2 Å². The standard InChI is InChI=1S/C19H26N4O/c1-3-9-23-13-15(12-21-23)11-20-19(24)18-10-16-7-5-6-8-17(16)14-22(18)4-2/h5-8,12-13,18H,3-4,9-11,14H2,1-2H3,(H,20,24)/t18-/m0/s1. The lowest BCUT2D eigenvalue weighted by Gasteiger charge is -2.35. The molecule has 1 aliphatic rings. The van der Waals surface area contributed by atoms with Crippen LogP contribution in [0.1, 0.15) is 37.0 Å². The van der Waals surface area contributed by atoms with E-state index in [0.717, 1.165) is 38.0 Å². The summed E-state index contributed by atoms with van der Waals surface area (Å²) in [6.07, 6.45) is 5.69. The fourth-order valence-corrected chi connectivity index (χ4v) is 3.32. The van der Waals surface area contributed by atoms with Crippen LogP contribution < -0.4 is 5.32 Å². The Labute approximate surface area is 143 Å². The number of aromatic nitrogens is 2. The van der Waals surface area contributed by atoms with E-state index in [1.807, 2.05) is 17.1 Å². The minimum Gasteiger partial charge on any atom is -0.351 e. The number of nitrogens with one attached hydrogen (secondary N) is 1. The fraction of sp³-hybridized carbons (Fsp3) is 0.474. The van der Waals surface area contributed by atoms with Gasteiger partial charge in [-0.1, -0.05) is 38.1 Å². The number of carbonyl (C=O) groups is 1. The molecule has 5 nitrogen and oxygen atoms in total. The molecule has 0 spiro atoms. The van der Waals surface area contributed by atoms with Crippen molar-refractivity contribution in [2.75, 3.05) is 6.54 Å². The van der Waals surface area contributed by atoms with Crippen molar-refractivity contribution in [2.24, 2.45) is 0 Å². The first-order valence-electron chi connectivity index (χ1n) is 8.81. The van der Waals surface area contributed by atoms with Gasteiger partial charge in [0.1, 0.15) is 0 Å². The molecule has 1 atom stereocenters. The Kier molecular flexibility index (Phi) is 5.30. The van der Waals surface area contributed by atoms with E-state index in [0.29, 0.717) is 6.54 Å². The van der Waals surface area contributed by atoms with Gasteiger partial charge in [0.05, 0.1) is 12.2 Å². The summed E-state index contributed by atoms with van der Waals surface area (Å²) >= 11 is 0. The lowest BCUT2D eigenvalue weighted by atomic mass is 9.93. The maximum absolute atomic E-state index is 12.7. The number of nitrogens with zero attached hydrogens (tertiary/aromatic N) is 3. The molecule has 5 heteroatoms. The van der Waals surface area contributed by atoms with Gasteiger partial charge in [-0.05, 0) is 30.5 Å². The van der Waals surface area contributed by atoms with Gasteiger partial charge in [-0.3, -0.25) is 14.4 Å². The van der Waals surface area contributed by atoms with Crippen LogP contribution in [0.25, 0.3) is 0 Å². The van der Waals surface area contributed by atoms with Crippen molar-refractivity contribution in [3.63, 3.8) is 0 Å². The fourth-order valence-electron chi connectivity index (χ4n) is 3.32. The van der Waals surface area contributed by atoms with E-state index in [-0.39, 0.29) is 11.9 Å². The number of benzene rings is 1. The van der Waals surface area contributed by atoms with Crippen molar-refractivity contribution in [1.82, 2.24) is 20.0 Å². The van der Waals surface area contributed by atoms with Crippen molar-refractivity contribution >= 4 is 5.91 Å². The summed E-state index contributed by atoms with van der Waals surface area (Å²) in [4.78, 5) is 15.0. The molecule has 1 amide bonds. The van der Waals surface area contributed by atoms with Crippen molar-refractivity contribution in [3.8, 4) is 0 Å². The van der Waals surface area contributed by atoms with E-state index < -0.39 is 0 Å². The second kappa shape index (κ2) is 7.62. The van der Waals surface area contributed by atoms with Crippen LogP contribution in [0, 0.1) is 0 Å². The third-order valence-corrected chi connectivity index (χ3v) is 4.66. The lowest BCUT2D eigenvalue weighted by molar-refractivity contribution is -0.127. The first kappa shape index (κ1) is 16.7. The third-order valence-electron chi connectivity index (χ3n) is 4.66. The molecule has 0 saturated carbocycles. The normalized spacial score (nSPS) is 17.5. The average Bonchev–Trinajstić information content (AvgIpc) is 3.06. The molecular formula is C19H26N4O. The molecule has 1 aliphatic heterocycles. The van der Waals surface area contributed by atoms with Crippen molar-refractivity contribution in [2.45, 2.75) is 52.4 Å². The largest absolute Gasteiger partial charge is 0.351 e. The highest BCUT2D eigenvalue weighted by Crippen LogP contribution is 2.23. The van der Waals surface area contributed by atoms with Crippen LogP contribution >= 0.6 is 0 Å². The molecule has 0 aliphatic carbocycles. The van der Waals surface area contributed by atoms with E-state index in [4.69, 9.17) is 0 Å². The molecule has 128 valence electrons. The number of likely N-dealkylation sites (N-methyl/N-ethyl adjacent to an activating group) is 1. The summed E-state index contributed by atoms with van der Waals surface area (Å²) in [7, 11) is 0. The molecule has 2 heterocycles. The van der Waals surface area contributed by atoms with Crippen LogP contribution in [0.4, 0.5) is 0 Å². The van der Waals surface area contributed by atoms with Gasteiger partial charge in [0.15, 0.2) is 0 Å². The van der Waals surface area contributed by atoms with Gasteiger partial charge in [-0.15, -0.1) is 0 Å². The van der Waals surface area contributed by atoms with Crippen LogP contribution in [0.2, 0.25) is 0 Å². The number of hydrogen-bond donors (Lipinski definition) is 1. The van der Waals surface area contributed by atoms with Crippen molar-refractivity contribution in [1.29, 1.82) is 0 Å². The highest BCUT2D eigenvalue weighted by atomic mass is 16.2. The van der Waals surface area contributed by atoms with Crippen LogP contribution in [-0.2, 0) is 30.8 Å². The van der Waals surface area contributed by atoms with E-state index in [9.17, 15) is 4.79 Å². The minimum absolute atomic E-state index is 0.0874. The Balaban J connectivity index is 1.63. The molecule has 0 saturated heterocycles. The van der Waals surface area contributed by atoms with Gasteiger partial charge in [-0.25, -0.2) is 0 Å². The van der Waals surface area contributed by atoms with E-state index in [2.05, 4.69) is 53.4 Å². The Morgan fingerprint density at radius 3 is 2.83 bits per heavy atom. The zero-order valence-electron chi connectivity index (χ0n) is 14.5. The molecule has 24 heavy (non-hydrogen) atoms. The molecule has 3 rings (SSSR count). The highest BCUT2D eigenvalue weighted by Gasteiger charge is 2.30. The minimum atomic E-state index is -0.0874. The van der Waals surface area contributed by atoms with Gasteiger partial charge in [0.2, 0.25) is 5.91 Å². The smallest absolute Gasteiger partial charge is 0.237 e. The summed E-state index contributed by atoms with van der Waals surface area (Å²) in [6.45, 7) is 7.42. The second-order valence-electron chi connectivity index (χ2n) is 6.38. The Morgan fingerprint density at radius 2 is 2.08 bits per heavy atom. The predicted molar refractivity (Wildman–Crippen MR) is 94.4 cm³/mol. The summed E-state index contributed by atoms with van der Waals surface area (Å²) in [5.41, 5.74) is 3.68. The zero-order valence-corrected chi connectivity index (χ0v) is 14.5. The van der Waals surface area contributed by atoms with E-state index in [1.165, 1.54) is 11.1 Å². The average molecular weight is 326 g/mol. The predicted octanol–water partition coefficient (Wildman–Crippen LogP) is 2.36. The number of hydrogen-bond acceptors (Lipinski definition) is 3. The second-order valence-corrected chi connectivity index (χ2v) is 6.38. The molecular weight excluding hydrogens is 300 g/mol. The van der Waals surface area contributed by atoms with Gasteiger partial charge in [0, 0.05) is 31.4 Å². The highest BCUT2D eigenvalue weighted by molar-refractivity contribution is 5.82. The number of amides is 1. The maximum atomic E-state index is 12.7. The number of fused-ring (bicyclic) bond motifs is 1. The first-order chi connectivity index (χ1) is 11.7. The number of carbonyl (C=O) groups excluding carboxylic acids is 1. The Hall–Kier alpha value is -2.14. The zero-order chi connectivity index (χ0) is 16.9. The molecule has 0 radical (unpaired) electrons. The monoisotopic (exact) mass is 326 g/mol. The summed E-state index contributed by atoms with van der Waals surface area (Å²) in [6, 6.07) is 8.33. The van der Waals surface area contributed by atoms with Crippen molar-refractivity contribution in [3.05, 3.63) is 53.3 Å². The molecule has 1 aromatic carbocycles. The van der Waals surface area contributed by atoms with Gasteiger partial charge >= 0.3 is 0 Å². The van der Waals surface area contributed by atoms with Crippen molar-refractivity contribution < 1.29 is 4.79 Å². The Morgan fingerprint density at radius 1 is 1.29 bits per heavy atom. The quantitative estimate of drug-likeness (QED) is 0.886. The number of aryl methyl sites for hydroxylation is 1. The summed E-state index contributed by atoms with van der Waals surface area (Å²) in [5.74, 6) is 0.106. The molecule has 0 bridgehead atoms. The Bertz CT molecular complexity index is 694. The van der Waals surface area contributed by atoms with Crippen LogP contribution in [0.3, 0.4) is 0 Å². The van der Waals surface area contributed by atoms with Crippen LogP contribution in [0.15, 0.2) is 36.7 Å². The molecule has 0 unspecified atom stereocenters. The third kappa shape index (κ3) is 3.67. The van der Waals surface area contributed by atoms with Gasteiger partial charge in [-0.2, -0.15) is 5.10 Å². The lowest BCUT2D eigenvalue weighted by Crippen LogP contribution is -2.49. The molecule has 2 aromatic rings. The number of rotatable bonds is 6. The maximum Gasteiger partial charge on any atom is 0.237 e. The summed E-state index contributed by atoms with van der Waals surface area (Å²) in [5, 5.41) is 7.40. The van der Waals surface area contributed by atoms with Gasteiger partial charge in [0.25, 0.3) is 0 Å². The topological polar surface area (TPSA) is 50.2 Å². The van der Waals surface area contributed by atoms with Gasteiger partial charge < -0.3 is 5.32 Å². The first-order valence-corrected chi connectivity index (χ1v) is 8.81. The molecule has 1 N–H and O–H groups in total.